The number of nitrogens with one attached hydrogen (secondary N) is 1. The Labute approximate surface area is 198 Å². The zero-order valence-electron chi connectivity index (χ0n) is 20.5. The van der Waals surface area contributed by atoms with E-state index in [0.717, 1.165) is 18.4 Å². The SMILES string of the molecule is CC(=O)NC(Cc1ccccc1)C(=O)C[C@@H](CC1CC1)B1O[C@@H]2C[C@@H]3C[C@@H](C3(C)C)[C@]2(C)O1. The summed E-state index contributed by atoms with van der Waals surface area (Å²) in [5.41, 5.74) is 1.10. The molecular weight excluding hydrogens is 413 g/mol. The number of hydrogen-bond acceptors (Lipinski definition) is 4. The Balaban J connectivity index is 1.30. The van der Waals surface area contributed by atoms with Crippen molar-refractivity contribution in [2.24, 2.45) is 23.2 Å². The van der Waals surface area contributed by atoms with E-state index in [9.17, 15) is 9.59 Å². The molecule has 6 atom stereocenters. The monoisotopic (exact) mass is 451 g/mol. The van der Waals surface area contributed by atoms with E-state index in [-0.39, 0.29) is 36.3 Å². The second-order valence-corrected chi connectivity index (χ2v) is 11.9. The van der Waals surface area contributed by atoms with Crippen LogP contribution in [0.3, 0.4) is 0 Å². The molecule has 0 spiro atoms. The van der Waals surface area contributed by atoms with Crippen LogP contribution in [0.15, 0.2) is 30.3 Å². The number of amides is 1. The Bertz CT molecular complexity index is 901. The van der Waals surface area contributed by atoms with Crippen molar-refractivity contribution in [1.29, 1.82) is 0 Å². The molecule has 33 heavy (non-hydrogen) atoms. The van der Waals surface area contributed by atoms with E-state index in [1.165, 1.54) is 26.2 Å². The second kappa shape index (κ2) is 8.53. The molecule has 1 heterocycles. The smallest absolute Gasteiger partial charge is 0.405 e. The fourth-order valence-corrected chi connectivity index (χ4v) is 6.92. The number of Topliss-reactive ketones (excluding diaryl/α,β-unsaturated/α-hetero) is 1. The van der Waals surface area contributed by atoms with Crippen LogP contribution in [0.4, 0.5) is 0 Å². The van der Waals surface area contributed by atoms with Gasteiger partial charge in [-0.05, 0) is 61.3 Å². The maximum Gasteiger partial charge on any atom is 0.461 e. The molecular formula is C27H38BNO4. The maximum absolute atomic E-state index is 13.5. The van der Waals surface area contributed by atoms with Crippen LogP contribution in [-0.2, 0) is 25.3 Å². The number of rotatable bonds is 9. The standard InChI is InChI=1S/C27H38BNO4/c1-17(30)29-22(13-18-8-6-5-7-9-18)23(31)16-21(12-19-10-11-19)28-32-25-15-20-14-24(26(20,2)3)27(25,4)33-28/h5-9,19-22,24-25H,10-16H2,1-4H3,(H,29,30)/t20-,21+,22?,24-,25+,27-/m0/s1. The lowest BCUT2D eigenvalue weighted by atomic mass is 9.43. The predicted octanol–water partition coefficient (Wildman–Crippen LogP) is 4.59. The first-order chi connectivity index (χ1) is 15.7. The first kappa shape index (κ1) is 23.1. The van der Waals surface area contributed by atoms with Gasteiger partial charge in [0.15, 0.2) is 5.78 Å². The van der Waals surface area contributed by atoms with E-state index in [4.69, 9.17) is 9.31 Å². The number of carbonyl (C=O) groups excluding carboxylic acids is 2. The normalized spacial score (nSPS) is 33.6. The Morgan fingerprint density at radius 2 is 1.88 bits per heavy atom. The molecule has 1 unspecified atom stereocenters. The van der Waals surface area contributed by atoms with Crippen molar-refractivity contribution < 1.29 is 18.9 Å². The van der Waals surface area contributed by atoms with Crippen molar-refractivity contribution >= 4 is 18.8 Å². The third-order valence-corrected chi connectivity index (χ3v) is 9.20. The maximum atomic E-state index is 13.5. The molecule has 178 valence electrons. The third-order valence-electron chi connectivity index (χ3n) is 9.20. The molecule has 1 aromatic carbocycles. The summed E-state index contributed by atoms with van der Waals surface area (Å²) < 4.78 is 13.3. The van der Waals surface area contributed by atoms with Crippen LogP contribution in [0, 0.1) is 23.2 Å². The molecule has 5 aliphatic rings. The fourth-order valence-electron chi connectivity index (χ4n) is 6.92. The molecule has 1 aliphatic heterocycles. The summed E-state index contributed by atoms with van der Waals surface area (Å²) in [7, 11) is -0.325. The number of benzene rings is 1. The first-order valence-electron chi connectivity index (χ1n) is 12.8. The van der Waals surface area contributed by atoms with Gasteiger partial charge in [0.25, 0.3) is 0 Å². The van der Waals surface area contributed by atoms with Crippen molar-refractivity contribution in [2.75, 3.05) is 0 Å². The lowest BCUT2D eigenvalue weighted by molar-refractivity contribution is -0.199. The van der Waals surface area contributed by atoms with E-state index < -0.39 is 6.04 Å². The van der Waals surface area contributed by atoms with Gasteiger partial charge in [0.2, 0.25) is 5.91 Å². The van der Waals surface area contributed by atoms with Gasteiger partial charge < -0.3 is 14.6 Å². The Morgan fingerprint density at radius 1 is 1.15 bits per heavy atom. The fraction of sp³-hybridized carbons (Fsp3) is 0.704. The molecule has 4 aliphatic carbocycles. The van der Waals surface area contributed by atoms with Gasteiger partial charge in [-0.3, -0.25) is 9.59 Å². The summed E-state index contributed by atoms with van der Waals surface area (Å²) in [5.74, 6) is 1.85. The highest BCUT2D eigenvalue weighted by Crippen LogP contribution is 2.66. The van der Waals surface area contributed by atoms with Crippen LogP contribution in [-0.4, -0.2) is 36.6 Å². The van der Waals surface area contributed by atoms with E-state index in [0.29, 0.717) is 36.0 Å². The van der Waals surface area contributed by atoms with E-state index in [2.05, 4.69) is 26.1 Å². The Hall–Kier alpha value is -1.66. The van der Waals surface area contributed by atoms with Gasteiger partial charge >= 0.3 is 7.12 Å². The van der Waals surface area contributed by atoms with Crippen LogP contribution in [0.1, 0.15) is 71.8 Å². The van der Waals surface area contributed by atoms with Crippen LogP contribution in [0.5, 0.6) is 0 Å². The van der Waals surface area contributed by atoms with Crippen molar-refractivity contribution in [3.8, 4) is 0 Å². The number of hydrogen-bond donors (Lipinski definition) is 1. The summed E-state index contributed by atoms with van der Waals surface area (Å²) in [6, 6.07) is 9.40. The minimum Gasteiger partial charge on any atom is -0.405 e. The lowest BCUT2D eigenvalue weighted by Gasteiger charge is -2.64. The van der Waals surface area contributed by atoms with Crippen molar-refractivity contribution in [3.05, 3.63) is 35.9 Å². The molecule has 1 N–H and O–H groups in total. The second-order valence-electron chi connectivity index (χ2n) is 11.9. The molecule has 4 saturated carbocycles. The van der Waals surface area contributed by atoms with E-state index in [1.54, 1.807) is 0 Å². The number of ketones is 1. The van der Waals surface area contributed by atoms with Crippen LogP contribution < -0.4 is 5.32 Å². The molecule has 1 aromatic rings. The third kappa shape index (κ3) is 4.41. The highest BCUT2D eigenvalue weighted by Gasteiger charge is 2.68. The quantitative estimate of drug-likeness (QED) is 0.558. The van der Waals surface area contributed by atoms with E-state index in [1.807, 2.05) is 30.3 Å². The van der Waals surface area contributed by atoms with Crippen LogP contribution in [0.2, 0.25) is 5.82 Å². The van der Waals surface area contributed by atoms with Gasteiger partial charge in [0, 0.05) is 19.2 Å². The van der Waals surface area contributed by atoms with Crippen molar-refractivity contribution in [3.63, 3.8) is 0 Å². The highest BCUT2D eigenvalue weighted by atomic mass is 16.7. The molecule has 1 saturated heterocycles. The van der Waals surface area contributed by atoms with E-state index >= 15 is 0 Å². The summed E-state index contributed by atoms with van der Waals surface area (Å²) in [4.78, 5) is 25.4. The average Bonchev–Trinajstić information content (AvgIpc) is 3.50. The Kier molecular flexibility index (Phi) is 5.97. The molecule has 0 aromatic heterocycles. The molecule has 1 amide bonds. The molecule has 6 rings (SSSR count). The average molecular weight is 451 g/mol. The molecule has 5 nitrogen and oxygen atoms in total. The topological polar surface area (TPSA) is 64.6 Å². The molecule has 6 heteroatoms. The van der Waals surface area contributed by atoms with Crippen molar-refractivity contribution in [1.82, 2.24) is 5.32 Å². The van der Waals surface area contributed by atoms with Crippen LogP contribution in [0.25, 0.3) is 0 Å². The van der Waals surface area contributed by atoms with Gasteiger partial charge in [0.05, 0.1) is 17.7 Å². The molecule has 5 fully saturated rings. The summed E-state index contributed by atoms with van der Waals surface area (Å²) >= 11 is 0. The summed E-state index contributed by atoms with van der Waals surface area (Å²) in [5, 5.41) is 2.90. The summed E-state index contributed by atoms with van der Waals surface area (Å²) in [6.45, 7) is 8.47. The Morgan fingerprint density at radius 3 is 2.52 bits per heavy atom. The van der Waals surface area contributed by atoms with Crippen LogP contribution >= 0.6 is 0 Å². The molecule has 0 radical (unpaired) electrons. The summed E-state index contributed by atoms with van der Waals surface area (Å²) in [6.07, 6.45) is 6.75. The predicted molar refractivity (Wildman–Crippen MR) is 129 cm³/mol. The van der Waals surface area contributed by atoms with Gasteiger partial charge in [-0.1, -0.05) is 57.0 Å². The number of carbonyl (C=O) groups is 2. The van der Waals surface area contributed by atoms with Crippen molar-refractivity contribution in [2.45, 2.75) is 96.2 Å². The lowest BCUT2D eigenvalue weighted by Crippen LogP contribution is -2.65. The van der Waals surface area contributed by atoms with Gasteiger partial charge in [-0.15, -0.1) is 0 Å². The first-order valence-corrected chi connectivity index (χ1v) is 12.8. The zero-order valence-corrected chi connectivity index (χ0v) is 20.5. The minimum absolute atomic E-state index is 0.0415. The minimum atomic E-state index is -0.516. The largest absolute Gasteiger partial charge is 0.461 e. The van der Waals surface area contributed by atoms with Gasteiger partial charge in [-0.2, -0.15) is 0 Å². The zero-order chi connectivity index (χ0) is 23.4. The van der Waals surface area contributed by atoms with Gasteiger partial charge in [0.1, 0.15) is 0 Å². The highest BCUT2D eigenvalue weighted by molar-refractivity contribution is 6.47. The molecule has 2 bridgehead atoms. The van der Waals surface area contributed by atoms with Gasteiger partial charge in [-0.25, -0.2) is 0 Å².